The largest absolute Gasteiger partial charge is 1.00 e. The number of rotatable bonds is 17. The lowest BCUT2D eigenvalue weighted by molar-refractivity contribution is -0.860. The quantitative estimate of drug-likeness (QED) is 0.227. The summed E-state index contributed by atoms with van der Waals surface area (Å²) in [6.45, 7) is 4.05. The lowest BCUT2D eigenvalue weighted by Crippen LogP contribution is -3.00. The predicted octanol–water partition coefficient (Wildman–Crippen LogP) is 3.22. The number of halogens is 1. The Bertz CT molecular complexity index is 387. The molecule has 0 aromatic carbocycles. The molecule has 0 saturated carbocycles. The summed E-state index contributed by atoms with van der Waals surface area (Å²) in [4.78, 5) is 4.25. The SMILES string of the molecule is CCCCCCCCCCCCCCCC=CCC(O)[N+]1(C)C=NCC1.[Cl-]. The van der Waals surface area contributed by atoms with E-state index in [9.17, 15) is 5.11 Å². The third-order valence-electron chi connectivity index (χ3n) is 5.73. The predicted molar refractivity (Wildman–Crippen MR) is 114 cm³/mol. The van der Waals surface area contributed by atoms with Crippen LogP contribution in [0.5, 0.6) is 0 Å². The number of likely N-dealkylation sites (N-methyl/N-ethyl adjacent to an activating group) is 1. The normalized spacial score (nSPS) is 20.3. The second kappa shape index (κ2) is 17.7. The Morgan fingerprint density at radius 3 is 1.89 bits per heavy atom. The zero-order valence-corrected chi connectivity index (χ0v) is 18.8. The summed E-state index contributed by atoms with van der Waals surface area (Å²) < 4.78 is 0.572. The molecule has 0 bridgehead atoms. The molecule has 1 rings (SSSR count). The van der Waals surface area contributed by atoms with Crippen LogP contribution in [0.4, 0.5) is 0 Å². The molecule has 0 radical (unpaired) electrons. The van der Waals surface area contributed by atoms with Gasteiger partial charge in [-0.3, -0.25) is 4.48 Å². The number of unbranched alkanes of at least 4 members (excludes halogenated alkanes) is 13. The fourth-order valence-electron chi connectivity index (χ4n) is 3.66. The molecule has 2 atom stereocenters. The summed E-state index contributed by atoms with van der Waals surface area (Å²) in [7, 11) is 2.06. The monoisotopic (exact) mass is 400 g/mol. The Morgan fingerprint density at radius 1 is 0.889 bits per heavy atom. The molecule has 0 saturated heterocycles. The summed E-state index contributed by atoms with van der Waals surface area (Å²) in [6.07, 6.45) is 26.2. The highest BCUT2D eigenvalue weighted by atomic mass is 35.5. The van der Waals surface area contributed by atoms with Crippen molar-refractivity contribution in [3.05, 3.63) is 12.2 Å². The Kier molecular flexibility index (Phi) is 17.5. The first-order valence-corrected chi connectivity index (χ1v) is 11.4. The number of aliphatic hydroxyl groups excluding tert-OH is 1. The second-order valence-corrected chi connectivity index (χ2v) is 8.31. The Morgan fingerprint density at radius 2 is 1.41 bits per heavy atom. The van der Waals surface area contributed by atoms with Crippen molar-refractivity contribution in [2.75, 3.05) is 20.1 Å². The third-order valence-corrected chi connectivity index (χ3v) is 5.73. The maximum absolute atomic E-state index is 10.3. The first kappa shape index (κ1) is 26.6. The summed E-state index contributed by atoms with van der Waals surface area (Å²) >= 11 is 0. The molecule has 0 fully saturated rings. The number of aliphatic hydroxyl groups is 1. The molecule has 160 valence electrons. The molecular formula is C23H45ClN2O. The van der Waals surface area contributed by atoms with E-state index in [-0.39, 0.29) is 18.6 Å². The summed E-state index contributed by atoms with van der Waals surface area (Å²) in [5, 5.41) is 10.3. The average molecular weight is 401 g/mol. The Hall–Kier alpha value is -0.380. The zero-order chi connectivity index (χ0) is 18.9. The third kappa shape index (κ3) is 13.4. The summed E-state index contributed by atoms with van der Waals surface area (Å²) in [5.74, 6) is 0. The molecule has 1 heterocycles. The van der Waals surface area contributed by atoms with Crippen molar-refractivity contribution in [2.45, 2.75) is 109 Å². The van der Waals surface area contributed by atoms with Crippen molar-refractivity contribution >= 4 is 6.34 Å². The van der Waals surface area contributed by atoms with Gasteiger partial charge in [-0.25, -0.2) is 4.99 Å². The standard InChI is InChI=1S/C23H45N2O.ClH/c1-3-4-5-6-7-8-9-10-11-12-13-14-15-16-17-18-19-23(26)25(2)21-20-24-22-25;/h17-18,22-23,26H,3-16,19-21H2,1-2H3;1H/q+1;/p-1. The van der Waals surface area contributed by atoms with Crippen LogP contribution in [0.2, 0.25) is 0 Å². The number of aliphatic imine (C=N–C) groups is 1. The van der Waals surface area contributed by atoms with E-state index in [1.54, 1.807) is 0 Å². The molecule has 4 heteroatoms. The van der Waals surface area contributed by atoms with Gasteiger partial charge in [0.25, 0.3) is 0 Å². The van der Waals surface area contributed by atoms with E-state index in [0.29, 0.717) is 4.48 Å². The van der Waals surface area contributed by atoms with Gasteiger partial charge in [0, 0.05) is 6.42 Å². The molecule has 0 amide bonds. The molecular weight excluding hydrogens is 356 g/mol. The zero-order valence-electron chi connectivity index (χ0n) is 18.0. The van der Waals surface area contributed by atoms with E-state index in [1.807, 2.05) is 6.34 Å². The van der Waals surface area contributed by atoms with Gasteiger partial charge in [0.05, 0.1) is 13.6 Å². The molecule has 3 nitrogen and oxygen atoms in total. The van der Waals surface area contributed by atoms with Crippen molar-refractivity contribution in [3.8, 4) is 0 Å². The smallest absolute Gasteiger partial charge is 0.199 e. The molecule has 1 aliphatic heterocycles. The highest BCUT2D eigenvalue weighted by Crippen LogP contribution is 2.15. The van der Waals surface area contributed by atoms with Crippen molar-refractivity contribution in [3.63, 3.8) is 0 Å². The fraction of sp³-hybridized carbons (Fsp3) is 0.870. The highest BCUT2D eigenvalue weighted by Gasteiger charge is 2.31. The lowest BCUT2D eigenvalue weighted by Gasteiger charge is -2.29. The minimum atomic E-state index is -0.343. The van der Waals surface area contributed by atoms with Gasteiger partial charge in [-0.2, -0.15) is 0 Å². The first-order chi connectivity index (χ1) is 12.7. The van der Waals surface area contributed by atoms with E-state index in [1.165, 1.54) is 83.5 Å². The van der Waals surface area contributed by atoms with Gasteiger partial charge in [0.1, 0.15) is 6.54 Å². The van der Waals surface area contributed by atoms with Crippen LogP contribution in [0.1, 0.15) is 103 Å². The number of hydrogen-bond donors (Lipinski definition) is 1. The average Bonchev–Trinajstić information content (AvgIpc) is 3.09. The lowest BCUT2D eigenvalue weighted by atomic mass is 10.0. The molecule has 2 unspecified atom stereocenters. The van der Waals surface area contributed by atoms with Crippen LogP contribution in [0.3, 0.4) is 0 Å². The molecule has 27 heavy (non-hydrogen) atoms. The van der Waals surface area contributed by atoms with Gasteiger partial charge >= 0.3 is 0 Å². The van der Waals surface area contributed by atoms with Gasteiger partial charge < -0.3 is 17.5 Å². The topological polar surface area (TPSA) is 32.6 Å². The molecule has 0 spiro atoms. The van der Waals surface area contributed by atoms with Crippen molar-refractivity contribution in [1.29, 1.82) is 0 Å². The van der Waals surface area contributed by atoms with Crippen molar-refractivity contribution in [2.24, 2.45) is 4.99 Å². The van der Waals surface area contributed by atoms with Crippen LogP contribution in [0.25, 0.3) is 0 Å². The number of allylic oxidation sites excluding steroid dienone is 1. The summed E-state index contributed by atoms with van der Waals surface area (Å²) in [6, 6.07) is 0. The molecule has 1 aliphatic rings. The minimum Gasteiger partial charge on any atom is -1.00 e. The van der Waals surface area contributed by atoms with E-state index < -0.39 is 0 Å². The van der Waals surface area contributed by atoms with Gasteiger partial charge in [0.15, 0.2) is 12.6 Å². The Balaban J connectivity index is 0.00000676. The Labute approximate surface area is 175 Å². The van der Waals surface area contributed by atoms with Crippen LogP contribution in [-0.4, -0.2) is 42.3 Å². The first-order valence-electron chi connectivity index (χ1n) is 11.4. The fourth-order valence-corrected chi connectivity index (χ4v) is 3.66. The van der Waals surface area contributed by atoms with Crippen LogP contribution >= 0.6 is 0 Å². The van der Waals surface area contributed by atoms with E-state index in [0.717, 1.165) is 25.9 Å². The van der Waals surface area contributed by atoms with Gasteiger partial charge in [-0.05, 0) is 12.8 Å². The minimum absolute atomic E-state index is 0. The van der Waals surface area contributed by atoms with Crippen molar-refractivity contribution < 1.29 is 22.0 Å². The maximum atomic E-state index is 10.3. The van der Waals surface area contributed by atoms with E-state index in [4.69, 9.17) is 0 Å². The number of quaternary nitrogens is 1. The molecule has 0 aliphatic carbocycles. The number of hydrogen-bond acceptors (Lipinski definition) is 2. The van der Waals surface area contributed by atoms with Crippen LogP contribution in [-0.2, 0) is 0 Å². The van der Waals surface area contributed by atoms with Crippen LogP contribution in [0.15, 0.2) is 17.1 Å². The van der Waals surface area contributed by atoms with Crippen LogP contribution in [0, 0.1) is 0 Å². The maximum Gasteiger partial charge on any atom is 0.199 e. The van der Waals surface area contributed by atoms with Gasteiger partial charge in [0.2, 0.25) is 0 Å². The van der Waals surface area contributed by atoms with E-state index >= 15 is 0 Å². The molecule has 0 aromatic heterocycles. The van der Waals surface area contributed by atoms with Crippen molar-refractivity contribution in [1.82, 2.24) is 0 Å². The molecule has 0 aromatic rings. The van der Waals surface area contributed by atoms with Gasteiger partial charge in [-0.1, -0.05) is 96.1 Å². The highest BCUT2D eigenvalue weighted by molar-refractivity contribution is 5.48. The molecule has 1 N–H and O–H groups in total. The van der Waals surface area contributed by atoms with Crippen LogP contribution < -0.4 is 12.4 Å². The second-order valence-electron chi connectivity index (χ2n) is 8.31. The van der Waals surface area contributed by atoms with Gasteiger partial charge in [-0.15, -0.1) is 0 Å². The summed E-state index contributed by atoms with van der Waals surface area (Å²) in [5.41, 5.74) is 0. The number of nitrogens with zero attached hydrogens (tertiary/aromatic N) is 2. The van der Waals surface area contributed by atoms with E-state index in [2.05, 4.69) is 31.1 Å².